The van der Waals surface area contributed by atoms with Gasteiger partial charge in [0.2, 0.25) is 0 Å². The molecule has 0 saturated carbocycles. The summed E-state index contributed by atoms with van der Waals surface area (Å²) in [6.07, 6.45) is 3.75. The third-order valence-corrected chi connectivity index (χ3v) is 5.39. The van der Waals surface area contributed by atoms with Crippen molar-refractivity contribution in [3.63, 3.8) is 0 Å². The second kappa shape index (κ2) is 8.00. The molecule has 0 atom stereocenters. The second-order valence-corrected chi connectivity index (χ2v) is 7.36. The van der Waals surface area contributed by atoms with Crippen molar-refractivity contribution >= 4 is 28.3 Å². The van der Waals surface area contributed by atoms with Gasteiger partial charge in [-0.05, 0) is 50.2 Å². The zero-order valence-corrected chi connectivity index (χ0v) is 16.3. The third-order valence-electron chi connectivity index (χ3n) is 5.39. The maximum Gasteiger partial charge on any atom is 0.282 e. The molecule has 2 heterocycles. The molecule has 1 fully saturated rings. The summed E-state index contributed by atoms with van der Waals surface area (Å²) in [5, 5.41) is 13.9. The van der Waals surface area contributed by atoms with Gasteiger partial charge >= 0.3 is 0 Å². The van der Waals surface area contributed by atoms with Crippen molar-refractivity contribution < 1.29 is 9.72 Å². The first-order chi connectivity index (χ1) is 14.0. The van der Waals surface area contributed by atoms with Gasteiger partial charge in [-0.3, -0.25) is 19.8 Å². The Hall–Kier alpha value is -3.26. The quantitative estimate of drug-likeness (QED) is 0.527. The molecule has 4 rings (SSSR count). The normalized spacial score (nSPS) is 14.8. The number of nitro groups is 1. The van der Waals surface area contributed by atoms with Gasteiger partial charge in [-0.15, -0.1) is 0 Å². The predicted molar refractivity (Wildman–Crippen MR) is 111 cm³/mol. The highest BCUT2D eigenvalue weighted by molar-refractivity contribution is 6.07. The molecular weight excluding hydrogens is 370 g/mol. The summed E-state index contributed by atoms with van der Waals surface area (Å²) in [5.41, 5.74) is 2.15. The number of likely N-dealkylation sites (tertiary alicyclic amines) is 1. The second-order valence-electron chi connectivity index (χ2n) is 7.36. The number of anilines is 1. The largest absolute Gasteiger partial charge is 0.330 e. The monoisotopic (exact) mass is 393 g/mol. The molecule has 1 aliphatic heterocycles. The number of carbonyl (C=O) groups is 1. The molecule has 29 heavy (non-hydrogen) atoms. The fourth-order valence-corrected chi connectivity index (χ4v) is 3.81. The minimum atomic E-state index is -0.552. The number of benzene rings is 2. The van der Waals surface area contributed by atoms with Gasteiger partial charge in [-0.2, -0.15) is 0 Å². The van der Waals surface area contributed by atoms with Crippen molar-refractivity contribution in [2.45, 2.75) is 25.8 Å². The average molecular weight is 393 g/mol. The molecule has 1 aromatic heterocycles. The number of aromatic nitrogens is 2. The summed E-state index contributed by atoms with van der Waals surface area (Å²) in [7, 11) is 2.00. The lowest BCUT2D eigenvalue weighted by Crippen LogP contribution is -2.30. The highest BCUT2D eigenvalue weighted by Gasteiger charge is 2.20. The Bertz CT molecular complexity index is 1070. The number of hydrogen-bond donors (Lipinski definition) is 1. The number of rotatable bonds is 5. The van der Waals surface area contributed by atoms with E-state index in [4.69, 9.17) is 4.98 Å². The number of para-hydroxylation sites is 1. The maximum absolute atomic E-state index is 12.6. The SMILES string of the molecule is Cn1c(CN2CCCCC2)nc2cc(NC(=O)c3ccccc3[N+](=O)[O-])ccc21. The Kier molecular flexibility index (Phi) is 5.26. The number of fused-ring (bicyclic) bond motifs is 1. The van der Waals surface area contributed by atoms with Crippen LogP contribution in [-0.4, -0.2) is 38.4 Å². The molecule has 150 valence electrons. The lowest BCUT2D eigenvalue weighted by molar-refractivity contribution is -0.385. The first-order valence-electron chi connectivity index (χ1n) is 9.75. The third kappa shape index (κ3) is 3.97. The summed E-state index contributed by atoms with van der Waals surface area (Å²) in [4.78, 5) is 30.3. The van der Waals surface area contributed by atoms with Gasteiger partial charge in [0.1, 0.15) is 11.4 Å². The molecule has 0 spiro atoms. The topological polar surface area (TPSA) is 93.3 Å². The summed E-state index contributed by atoms with van der Waals surface area (Å²) in [6.45, 7) is 3.00. The molecule has 0 bridgehead atoms. The molecule has 1 N–H and O–H groups in total. The minimum absolute atomic E-state index is 0.0319. The van der Waals surface area contributed by atoms with Crippen LogP contribution in [0.4, 0.5) is 11.4 Å². The van der Waals surface area contributed by atoms with Crippen LogP contribution in [0.5, 0.6) is 0 Å². The average Bonchev–Trinajstić information content (AvgIpc) is 3.03. The molecule has 1 saturated heterocycles. The molecule has 2 aromatic carbocycles. The number of aryl methyl sites for hydroxylation is 1. The molecule has 3 aromatic rings. The lowest BCUT2D eigenvalue weighted by Gasteiger charge is -2.25. The number of nitrogens with one attached hydrogen (secondary N) is 1. The van der Waals surface area contributed by atoms with Gasteiger partial charge in [-0.25, -0.2) is 4.98 Å². The molecule has 0 aliphatic carbocycles. The fraction of sp³-hybridized carbons (Fsp3) is 0.333. The van der Waals surface area contributed by atoms with Gasteiger partial charge < -0.3 is 9.88 Å². The maximum atomic E-state index is 12.6. The van der Waals surface area contributed by atoms with Gasteiger partial charge in [0.05, 0.1) is 22.5 Å². The standard InChI is InChI=1S/C21H23N5O3/c1-24-19-10-9-15(22-21(27)16-7-3-4-8-18(16)26(28)29)13-17(19)23-20(24)14-25-11-5-2-6-12-25/h3-4,7-10,13H,2,5-6,11-12,14H2,1H3,(H,22,27). The van der Waals surface area contributed by atoms with E-state index in [9.17, 15) is 14.9 Å². The number of nitrogens with zero attached hydrogens (tertiary/aromatic N) is 4. The van der Waals surface area contributed by atoms with Crippen LogP contribution in [0.2, 0.25) is 0 Å². The lowest BCUT2D eigenvalue weighted by atomic mass is 10.1. The summed E-state index contributed by atoms with van der Waals surface area (Å²) >= 11 is 0. The molecule has 1 amide bonds. The van der Waals surface area contributed by atoms with Crippen molar-refractivity contribution in [2.75, 3.05) is 18.4 Å². The summed E-state index contributed by atoms with van der Waals surface area (Å²) in [5.74, 6) is 0.477. The van der Waals surface area contributed by atoms with E-state index in [1.807, 2.05) is 19.2 Å². The van der Waals surface area contributed by atoms with Crippen molar-refractivity contribution in [3.8, 4) is 0 Å². The van der Waals surface area contributed by atoms with Crippen LogP contribution in [0.3, 0.4) is 0 Å². The molecule has 0 unspecified atom stereocenters. The molecule has 8 nitrogen and oxygen atoms in total. The zero-order valence-electron chi connectivity index (χ0n) is 16.3. The first kappa shape index (κ1) is 19.1. The van der Waals surface area contributed by atoms with Crippen LogP contribution in [0, 0.1) is 10.1 Å². The predicted octanol–water partition coefficient (Wildman–Crippen LogP) is 3.72. The van der Waals surface area contributed by atoms with Crippen molar-refractivity contribution in [1.82, 2.24) is 14.5 Å². The number of hydrogen-bond acceptors (Lipinski definition) is 5. The Balaban J connectivity index is 1.56. The highest BCUT2D eigenvalue weighted by atomic mass is 16.6. The van der Waals surface area contributed by atoms with Gasteiger partial charge in [-0.1, -0.05) is 18.6 Å². The van der Waals surface area contributed by atoms with Crippen molar-refractivity contribution in [2.24, 2.45) is 7.05 Å². The Morgan fingerprint density at radius 2 is 1.93 bits per heavy atom. The molecule has 0 radical (unpaired) electrons. The van der Waals surface area contributed by atoms with E-state index in [0.717, 1.165) is 36.5 Å². The van der Waals surface area contributed by atoms with E-state index >= 15 is 0 Å². The van der Waals surface area contributed by atoms with Crippen LogP contribution in [0.15, 0.2) is 42.5 Å². The van der Waals surface area contributed by atoms with E-state index in [2.05, 4.69) is 14.8 Å². The number of amides is 1. The van der Waals surface area contributed by atoms with Crippen molar-refractivity contribution in [1.29, 1.82) is 0 Å². The number of carbonyl (C=O) groups excluding carboxylic acids is 1. The van der Waals surface area contributed by atoms with Crippen LogP contribution < -0.4 is 5.32 Å². The van der Waals surface area contributed by atoms with E-state index in [-0.39, 0.29) is 11.3 Å². The number of nitro benzene ring substituents is 1. The minimum Gasteiger partial charge on any atom is -0.330 e. The molecule has 8 heteroatoms. The van der Waals surface area contributed by atoms with E-state index < -0.39 is 10.8 Å². The Morgan fingerprint density at radius 3 is 2.69 bits per heavy atom. The van der Waals surface area contributed by atoms with Gasteiger partial charge in [0.25, 0.3) is 11.6 Å². The first-order valence-corrected chi connectivity index (χ1v) is 9.75. The number of imidazole rings is 1. The van der Waals surface area contributed by atoms with Gasteiger partial charge in [0, 0.05) is 18.8 Å². The Labute approximate surface area is 168 Å². The van der Waals surface area contributed by atoms with E-state index in [0.29, 0.717) is 5.69 Å². The zero-order chi connectivity index (χ0) is 20.4. The molecule has 1 aliphatic rings. The van der Waals surface area contributed by atoms with Crippen LogP contribution >= 0.6 is 0 Å². The summed E-state index contributed by atoms with van der Waals surface area (Å²) < 4.78 is 2.08. The fourth-order valence-electron chi connectivity index (χ4n) is 3.81. The van der Waals surface area contributed by atoms with Crippen LogP contribution in [0.1, 0.15) is 35.4 Å². The van der Waals surface area contributed by atoms with Crippen LogP contribution in [-0.2, 0) is 13.6 Å². The van der Waals surface area contributed by atoms with Crippen LogP contribution in [0.25, 0.3) is 11.0 Å². The van der Waals surface area contributed by atoms with E-state index in [1.165, 1.54) is 31.4 Å². The number of piperidine rings is 1. The summed E-state index contributed by atoms with van der Waals surface area (Å²) in [6, 6.07) is 11.4. The molecular formula is C21H23N5O3. The van der Waals surface area contributed by atoms with E-state index in [1.54, 1.807) is 18.2 Å². The Morgan fingerprint density at radius 1 is 1.17 bits per heavy atom. The van der Waals surface area contributed by atoms with Gasteiger partial charge in [0.15, 0.2) is 0 Å². The van der Waals surface area contributed by atoms with Crippen molar-refractivity contribution in [3.05, 3.63) is 64.0 Å². The highest BCUT2D eigenvalue weighted by Crippen LogP contribution is 2.23. The smallest absolute Gasteiger partial charge is 0.282 e.